The fourth-order valence-corrected chi connectivity index (χ4v) is 4.84. The SMILES string of the molecule is CC1=CCC2=C1Oc1ccc3c4c(ccc2c14)OC1C(C)=CCC31. The zero-order valence-electron chi connectivity index (χ0n) is 13.8. The number of ether oxygens (including phenoxy) is 2. The van der Waals surface area contributed by atoms with Gasteiger partial charge < -0.3 is 9.47 Å². The van der Waals surface area contributed by atoms with E-state index in [1.165, 1.54) is 38.6 Å². The molecule has 2 aliphatic heterocycles. The molecule has 0 spiro atoms. The van der Waals surface area contributed by atoms with Crippen LogP contribution in [0.5, 0.6) is 11.5 Å². The second-order valence-corrected chi connectivity index (χ2v) is 7.34. The lowest BCUT2D eigenvalue weighted by atomic mass is 9.83. The van der Waals surface area contributed by atoms with E-state index in [0.29, 0.717) is 5.92 Å². The van der Waals surface area contributed by atoms with E-state index in [9.17, 15) is 0 Å². The third-order valence-corrected chi connectivity index (χ3v) is 6.06. The van der Waals surface area contributed by atoms with Crippen LogP contribution in [0.2, 0.25) is 0 Å². The average Bonchev–Trinajstić information content (AvgIpc) is 3.15. The van der Waals surface area contributed by atoms with Gasteiger partial charge in [-0.1, -0.05) is 24.3 Å². The first kappa shape index (κ1) is 12.9. The van der Waals surface area contributed by atoms with Crippen molar-refractivity contribution in [3.63, 3.8) is 0 Å². The molecule has 2 unspecified atom stereocenters. The number of hydrogen-bond acceptors (Lipinski definition) is 2. The van der Waals surface area contributed by atoms with Crippen LogP contribution in [0.1, 0.15) is 43.7 Å². The number of hydrogen-bond donors (Lipinski definition) is 0. The van der Waals surface area contributed by atoms with Gasteiger partial charge in [0, 0.05) is 22.3 Å². The molecular formula is C22H18O2. The summed E-state index contributed by atoms with van der Waals surface area (Å²) >= 11 is 0. The molecule has 118 valence electrons. The molecule has 0 amide bonds. The molecule has 0 saturated heterocycles. The second kappa shape index (κ2) is 4.13. The van der Waals surface area contributed by atoms with Crippen LogP contribution < -0.4 is 9.47 Å². The molecule has 2 nitrogen and oxygen atoms in total. The molecule has 2 heteroatoms. The molecule has 24 heavy (non-hydrogen) atoms. The van der Waals surface area contributed by atoms with E-state index in [2.05, 4.69) is 50.3 Å². The highest BCUT2D eigenvalue weighted by Crippen LogP contribution is 2.53. The number of fused-ring (bicyclic) bond motifs is 3. The summed E-state index contributed by atoms with van der Waals surface area (Å²) in [7, 11) is 0. The van der Waals surface area contributed by atoms with Crippen LogP contribution in [0.4, 0.5) is 0 Å². The maximum absolute atomic E-state index is 6.40. The molecule has 0 fully saturated rings. The van der Waals surface area contributed by atoms with Crippen molar-refractivity contribution in [1.29, 1.82) is 0 Å². The number of rotatable bonds is 0. The lowest BCUT2D eigenvalue weighted by Crippen LogP contribution is -2.26. The van der Waals surface area contributed by atoms with E-state index in [-0.39, 0.29) is 6.10 Å². The standard InChI is InChI=1S/C22H18O2/c1-11-3-5-15-13-7-10-18-20-14(16-6-4-12(2)22(16)24-18)8-9-17(19(13)20)23-21(11)15/h3-4,7-10,15,21H,5-6H2,1-2H3. The van der Waals surface area contributed by atoms with Crippen LogP contribution in [-0.2, 0) is 0 Å². The van der Waals surface area contributed by atoms with E-state index in [1.54, 1.807) is 0 Å². The predicted molar refractivity (Wildman–Crippen MR) is 95.4 cm³/mol. The van der Waals surface area contributed by atoms with Gasteiger partial charge in [-0.05, 0) is 61.1 Å². The van der Waals surface area contributed by atoms with Gasteiger partial charge in [0.2, 0.25) is 0 Å². The van der Waals surface area contributed by atoms with Gasteiger partial charge in [0.15, 0.2) is 0 Å². The molecule has 2 aromatic carbocycles. The van der Waals surface area contributed by atoms with E-state index in [1.807, 2.05) is 0 Å². The van der Waals surface area contributed by atoms with E-state index >= 15 is 0 Å². The zero-order chi connectivity index (χ0) is 16.0. The van der Waals surface area contributed by atoms with Crippen molar-refractivity contribution in [2.45, 2.75) is 38.7 Å². The molecule has 0 bridgehead atoms. The fourth-order valence-electron chi connectivity index (χ4n) is 4.84. The van der Waals surface area contributed by atoms with Crippen LogP contribution in [0.3, 0.4) is 0 Å². The summed E-state index contributed by atoms with van der Waals surface area (Å²) in [5, 5.41) is 2.51. The van der Waals surface area contributed by atoms with E-state index in [4.69, 9.17) is 9.47 Å². The summed E-state index contributed by atoms with van der Waals surface area (Å²) in [6.45, 7) is 4.32. The van der Waals surface area contributed by atoms with Crippen molar-refractivity contribution in [2.75, 3.05) is 0 Å². The maximum Gasteiger partial charge on any atom is 0.136 e. The Morgan fingerprint density at radius 2 is 1.83 bits per heavy atom. The van der Waals surface area contributed by atoms with Gasteiger partial charge in [-0.25, -0.2) is 0 Å². The summed E-state index contributed by atoms with van der Waals surface area (Å²) in [4.78, 5) is 0. The monoisotopic (exact) mass is 314 g/mol. The van der Waals surface area contributed by atoms with Gasteiger partial charge in [0.05, 0.1) is 0 Å². The molecular weight excluding hydrogens is 296 g/mol. The molecule has 2 aliphatic carbocycles. The molecule has 0 aromatic heterocycles. The molecule has 4 aliphatic rings. The Morgan fingerprint density at radius 1 is 0.958 bits per heavy atom. The van der Waals surface area contributed by atoms with Crippen molar-refractivity contribution in [3.8, 4) is 11.5 Å². The molecule has 2 atom stereocenters. The lowest BCUT2D eigenvalue weighted by molar-refractivity contribution is 0.210. The minimum absolute atomic E-state index is 0.200. The van der Waals surface area contributed by atoms with Gasteiger partial charge in [0.1, 0.15) is 23.4 Å². The Morgan fingerprint density at radius 3 is 2.75 bits per heavy atom. The second-order valence-electron chi connectivity index (χ2n) is 7.34. The summed E-state index contributed by atoms with van der Waals surface area (Å²) in [6, 6.07) is 8.81. The maximum atomic E-state index is 6.40. The topological polar surface area (TPSA) is 18.5 Å². The Labute approximate surface area is 141 Å². The van der Waals surface area contributed by atoms with Crippen LogP contribution in [-0.4, -0.2) is 6.10 Å². The molecule has 2 aromatic rings. The van der Waals surface area contributed by atoms with Crippen molar-refractivity contribution in [2.24, 2.45) is 0 Å². The summed E-state index contributed by atoms with van der Waals surface area (Å²) < 4.78 is 12.7. The van der Waals surface area contributed by atoms with Crippen LogP contribution in [0.25, 0.3) is 16.3 Å². The first-order valence-corrected chi connectivity index (χ1v) is 8.74. The molecule has 0 radical (unpaired) electrons. The quantitative estimate of drug-likeness (QED) is 0.599. The number of allylic oxidation sites excluding steroid dienone is 4. The Balaban J connectivity index is 1.67. The van der Waals surface area contributed by atoms with E-state index in [0.717, 1.165) is 30.1 Å². The van der Waals surface area contributed by atoms with Gasteiger partial charge in [-0.15, -0.1) is 0 Å². The largest absolute Gasteiger partial charge is 0.485 e. The van der Waals surface area contributed by atoms with Crippen molar-refractivity contribution < 1.29 is 9.47 Å². The first-order valence-electron chi connectivity index (χ1n) is 8.74. The first-order chi connectivity index (χ1) is 11.7. The third kappa shape index (κ3) is 1.39. The van der Waals surface area contributed by atoms with Crippen LogP contribution in [0.15, 0.2) is 53.3 Å². The molecule has 0 saturated carbocycles. The normalized spacial score (nSPS) is 25.8. The van der Waals surface area contributed by atoms with Gasteiger partial charge >= 0.3 is 0 Å². The summed E-state index contributed by atoms with van der Waals surface area (Å²) in [5.74, 6) is 3.49. The zero-order valence-corrected chi connectivity index (χ0v) is 13.8. The lowest BCUT2D eigenvalue weighted by Gasteiger charge is -2.33. The summed E-state index contributed by atoms with van der Waals surface area (Å²) in [5.41, 5.74) is 6.67. The molecule has 2 heterocycles. The Kier molecular flexibility index (Phi) is 2.22. The summed E-state index contributed by atoms with van der Waals surface area (Å²) in [6.07, 6.45) is 6.83. The van der Waals surface area contributed by atoms with Crippen LogP contribution in [0, 0.1) is 0 Å². The minimum Gasteiger partial charge on any atom is -0.485 e. The van der Waals surface area contributed by atoms with Crippen molar-refractivity contribution in [1.82, 2.24) is 0 Å². The average molecular weight is 314 g/mol. The Bertz CT molecular complexity index is 1040. The van der Waals surface area contributed by atoms with Crippen molar-refractivity contribution in [3.05, 3.63) is 64.4 Å². The highest BCUT2D eigenvalue weighted by Gasteiger charge is 2.38. The minimum atomic E-state index is 0.200. The smallest absolute Gasteiger partial charge is 0.136 e. The van der Waals surface area contributed by atoms with Gasteiger partial charge in [-0.3, -0.25) is 0 Å². The van der Waals surface area contributed by atoms with Crippen molar-refractivity contribution >= 4 is 16.3 Å². The highest BCUT2D eigenvalue weighted by molar-refractivity contribution is 6.06. The van der Waals surface area contributed by atoms with Gasteiger partial charge in [-0.2, -0.15) is 0 Å². The highest BCUT2D eigenvalue weighted by atomic mass is 16.5. The van der Waals surface area contributed by atoms with Gasteiger partial charge in [0.25, 0.3) is 0 Å². The predicted octanol–water partition coefficient (Wildman–Crippen LogP) is 5.49. The third-order valence-electron chi connectivity index (χ3n) is 6.06. The van der Waals surface area contributed by atoms with E-state index < -0.39 is 0 Å². The fraction of sp³-hybridized carbons (Fsp3) is 0.273. The number of benzene rings is 2. The molecule has 0 N–H and O–H groups in total. The molecule has 6 rings (SSSR count). The van der Waals surface area contributed by atoms with Crippen LogP contribution >= 0.6 is 0 Å². The Hall–Kier alpha value is -2.48.